The van der Waals surface area contributed by atoms with Gasteiger partial charge < -0.3 is 9.47 Å². The highest BCUT2D eigenvalue weighted by Gasteiger charge is 2.43. The Hall–Kier alpha value is -1.12. The van der Waals surface area contributed by atoms with E-state index in [9.17, 15) is 0 Å². The smallest absolute Gasteiger partial charge is 0.100 e. The van der Waals surface area contributed by atoms with Crippen LogP contribution in [0.5, 0.6) is 0 Å². The van der Waals surface area contributed by atoms with Crippen LogP contribution in [0.1, 0.15) is 30.9 Å². The number of ether oxygens (including phenoxy) is 2. The fraction of sp³-hybridized carbons (Fsp3) is 0.500. The number of fused-ring (bicyclic) bond motifs is 1. The molecule has 96 valence electrons. The fourth-order valence-electron chi connectivity index (χ4n) is 2.82. The summed E-state index contributed by atoms with van der Waals surface area (Å²) in [5, 5.41) is 0. The van der Waals surface area contributed by atoms with Gasteiger partial charge >= 0.3 is 0 Å². The van der Waals surface area contributed by atoms with E-state index in [0.29, 0.717) is 18.1 Å². The van der Waals surface area contributed by atoms with Crippen LogP contribution in [-0.4, -0.2) is 18.8 Å². The number of epoxide rings is 1. The van der Waals surface area contributed by atoms with Crippen molar-refractivity contribution in [2.75, 3.05) is 6.61 Å². The quantitative estimate of drug-likeness (QED) is 0.584. The van der Waals surface area contributed by atoms with Crippen LogP contribution < -0.4 is 0 Å². The lowest BCUT2D eigenvalue weighted by Gasteiger charge is -2.22. The standard InChI is InChI=1S/C16H20O2/c1-2-14(13-6-4-3-5-7-13)17-11-12-8-9-15-16(10-12)18-15/h2-7,12,14-16H,1,8-11H2. The van der Waals surface area contributed by atoms with E-state index in [1.165, 1.54) is 24.8 Å². The van der Waals surface area contributed by atoms with Crippen molar-refractivity contribution in [1.82, 2.24) is 0 Å². The molecule has 0 amide bonds. The summed E-state index contributed by atoms with van der Waals surface area (Å²) >= 11 is 0. The normalized spacial score (nSPS) is 31.4. The molecule has 2 nitrogen and oxygen atoms in total. The molecular formula is C16H20O2. The van der Waals surface area contributed by atoms with Gasteiger partial charge in [-0.1, -0.05) is 36.4 Å². The maximum atomic E-state index is 6.01. The highest BCUT2D eigenvalue weighted by Crippen LogP contribution is 2.39. The maximum Gasteiger partial charge on any atom is 0.100 e. The molecule has 3 rings (SSSR count). The molecule has 1 aliphatic heterocycles. The summed E-state index contributed by atoms with van der Waals surface area (Å²) in [5.41, 5.74) is 1.18. The van der Waals surface area contributed by atoms with Crippen LogP contribution in [-0.2, 0) is 9.47 Å². The molecule has 4 atom stereocenters. The molecule has 0 aromatic heterocycles. The molecule has 1 saturated heterocycles. The van der Waals surface area contributed by atoms with Crippen molar-refractivity contribution in [1.29, 1.82) is 0 Å². The molecule has 2 fully saturated rings. The zero-order valence-corrected chi connectivity index (χ0v) is 10.6. The minimum absolute atomic E-state index is 0.0176. The van der Waals surface area contributed by atoms with Gasteiger partial charge in [0, 0.05) is 0 Å². The highest BCUT2D eigenvalue weighted by atomic mass is 16.6. The molecule has 1 aromatic carbocycles. The zero-order chi connectivity index (χ0) is 12.4. The third kappa shape index (κ3) is 2.65. The van der Waals surface area contributed by atoms with E-state index in [4.69, 9.17) is 9.47 Å². The molecule has 2 aliphatic rings. The molecular weight excluding hydrogens is 224 g/mol. The monoisotopic (exact) mass is 244 g/mol. The van der Waals surface area contributed by atoms with Crippen LogP contribution in [0.3, 0.4) is 0 Å². The Bertz CT molecular complexity index is 401. The number of benzene rings is 1. The molecule has 1 aliphatic carbocycles. The summed E-state index contributed by atoms with van der Waals surface area (Å²) in [6.45, 7) is 4.69. The van der Waals surface area contributed by atoms with Gasteiger partial charge in [-0.25, -0.2) is 0 Å². The molecule has 0 radical (unpaired) electrons. The topological polar surface area (TPSA) is 21.8 Å². The molecule has 2 heteroatoms. The van der Waals surface area contributed by atoms with Gasteiger partial charge in [0.2, 0.25) is 0 Å². The zero-order valence-electron chi connectivity index (χ0n) is 10.6. The third-order valence-corrected chi connectivity index (χ3v) is 3.97. The second-order valence-electron chi connectivity index (χ2n) is 5.29. The molecule has 1 saturated carbocycles. The van der Waals surface area contributed by atoms with Crippen LogP contribution in [0.15, 0.2) is 43.0 Å². The number of hydrogen-bond donors (Lipinski definition) is 0. The van der Waals surface area contributed by atoms with Crippen molar-refractivity contribution in [3.8, 4) is 0 Å². The molecule has 1 aromatic rings. The Kier molecular flexibility index (Phi) is 3.48. The van der Waals surface area contributed by atoms with Crippen LogP contribution in [0.4, 0.5) is 0 Å². The van der Waals surface area contributed by atoms with E-state index in [0.717, 1.165) is 6.61 Å². The maximum absolute atomic E-state index is 6.01. The van der Waals surface area contributed by atoms with Gasteiger partial charge in [-0.3, -0.25) is 0 Å². The summed E-state index contributed by atoms with van der Waals surface area (Å²) in [6.07, 6.45) is 6.63. The average Bonchev–Trinajstić information content (AvgIpc) is 3.19. The van der Waals surface area contributed by atoms with Gasteiger partial charge in [-0.05, 0) is 30.7 Å². The summed E-state index contributed by atoms with van der Waals surface area (Å²) in [6, 6.07) is 10.3. The van der Waals surface area contributed by atoms with Gasteiger partial charge in [0.25, 0.3) is 0 Å². The van der Waals surface area contributed by atoms with Crippen molar-refractivity contribution in [3.05, 3.63) is 48.6 Å². The predicted octanol–water partition coefficient (Wildman–Crippen LogP) is 3.50. The summed E-state index contributed by atoms with van der Waals surface area (Å²) < 4.78 is 11.6. The molecule has 0 spiro atoms. The predicted molar refractivity (Wildman–Crippen MR) is 71.3 cm³/mol. The van der Waals surface area contributed by atoms with E-state index in [1.807, 2.05) is 24.3 Å². The largest absolute Gasteiger partial charge is 0.370 e. The van der Waals surface area contributed by atoms with Crippen LogP contribution >= 0.6 is 0 Å². The van der Waals surface area contributed by atoms with Crippen molar-refractivity contribution in [2.45, 2.75) is 37.6 Å². The van der Waals surface area contributed by atoms with E-state index in [-0.39, 0.29) is 6.10 Å². The van der Waals surface area contributed by atoms with E-state index >= 15 is 0 Å². The molecule has 18 heavy (non-hydrogen) atoms. The van der Waals surface area contributed by atoms with Crippen molar-refractivity contribution in [3.63, 3.8) is 0 Å². The van der Waals surface area contributed by atoms with Crippen molar-refractivity contribution < 1.29 is 9.47 Å². The van der Waals surface area contributed by atoms with Crippen LogP contribution in [0, 0.1) is 5.92 Å². The lowest BCUT2D eigenvalue weighted by atomic mass is 9.90. The van der Waals surface area contributed by atoms with Crippen LogP contribution in [0.25, 0.3) is 0 Å². The molecule has 0 bridgehead atoms. The van der Waals surface area contributed by atoms with E-state index in [2.05, 4.69) is 18.7 Å². The first kappa shape index (κ1) is 11.9. The number of rotatable bonds is 5. The van der Waals surface area contributed by atoms with Crippen molar-refractivity contribution in [2.24, 2.45) is 5.92 Å². The first-order chi connectivity index (χ1) is 8.86. The second-order valence-corrected chi connectivity index (χ2v) is 5.29. The fourth-order valence-corrected chi connectivity index (χ4v) is 2.82. The summed E-state index contributed by atoms with van der Waals surface area (Å²) in [4.78, 5) is 0. The first-order valence-electron chi connectivity index (χ1n) is 6.81. The van der Waals surface area contributed by atoms with E-state index in [1.54, 1.807) is 0 Å². The van der Waals surface area contributed by atoms with Gasteiger partial charge in [-0.2, -0.15) is 0 Å². The summed E-state index contributed by atoms with van der Waals surface area (Å²) in [7, 11) is 0. The Labute approximate surface area is 109 Å². The van der Waals surface area contributed by atoms with Gasteiger partial charge in [0.1, 0.15) is 6.10 Å². The highest BCUT2D eigenvalue weighted by molar-refractivity contribution is 5.20. The Morgan fingerprint density at radius 1 is 1.28 bits per heavy atom. The average molecular weight is 244 g/mol. The minimum atomic E-state index is 0.0176. The van der Waals surface area contributed by atoms with Gasteiger partial charge in [0.15, 0.2) is 0 Å². The van der Waals surface area contributed by atoms with Gasteiger partial charge in [0.05, 0.1) is 18.8 Å². The lowest BCUT2D eigenvalue weighted by molar-refractivity contribution is 0.0482. The molecule has 1 heterocycles. The van der Waals surface area contributed by atoms with E-state index < -0.39 is 0 Å². The first-order valence-corrected chi connectivity index (χ1v) is 6.81. The Morgan fingerprint density at radius 3 is 2.83 bits per heavy atom. The lowest BCUT2D eigenvalue weighted by Crippen LogP contribution is -2.19. The Morgan fingerprint density at radius 2 is 2.11 bits per heavy atom. The minimum Gasteiger partial charge on any atom is -0.370 e. The third-order valence-electron chi connectivity index (χ3n) is 3.97. The van der Waals surface area contributed by atoms with Crippen molar-refractivity contribution >= 4 is 0 Å². The Balaban J connectivity index is 1.53. The van der Waals surface area contributed by atoms with Gasteiger partial charge in [-0.15, -0.1) is 6.58 Å². The number of hydrogen-bond acceptors (Lipinski definition) is 2. The van der Waals surface area contributed by atoms with Crippen LogP contribution in [0.2, 0.25) is 0 Å². The molecule has 4 unspecified atom stereocenters. The summed E-state index contributed by atoms with van der Waals surface area (Å²) in [5.74, 6) is 0.653. The SMILES string of the molecule is C=CC(OCC1CCC2OC2C1)c1ccccc1. The second kappa shape index (κ2) is 5.25. The molecule has 0 N–H and O–H groups in total.